The Balaban J connectivity index is -0.000000648. The fraction of sp³-hybridized carbons (Fsp3) is 1.00. The van der Waals surface area contributed by atoms with Crippen molar-refractivity contribution in [1.82, 2.24) is 0 Å². The Bertz CT molecular complexity index is 490. The van der Waals surface area contributed by atoms with Gasteiger partial charge in [0.25, 0.3) is 0 Å². The summed E-state index contributed by atoms with van der Waals surface area (Å²) < 4.78 is 22.2. The second-order valence-electron chi connectivity index (χ2n) is 9.88. The molecular weight excluding hydrogens is 728 g/mol. The van der Waals surface area contributed by atoms with Crippen LogP contribution in [0.2, 0.25) is 0 Å². The molecule has 0 radical (unpaired) electrons. The van der Waals surface area contributed by atoms with Crippen LogP contribution < -0.4 is 0 Å². The van der Waals surface area contributed by atoms with Crippen molar-refractivity contribution in [3.8, 4) is 0 Å². The molecule has 0 aromatic rings. The van der Waals surface area contributed by atoms with Crippen molar-refractivity contribution in [2.75, 3.05) is 26.4 Å². The molecule has 11 heteroatoms. The van der Waals surface area contributed by atoms with Crippen LogP contribution in [0.1, 0.15) is 156 Å². The molecule has 0 unspecified atom stereocenters. The summed E-state index contributed by atoms with van der Waals surface area (Å²) in [6.07, 6.45) is 24.4. The van der Waals surface area contributed by atoms with Gasteiger partial charge in [-0.1, -0.05) is 154 Å². The molecule has 39 heavy (non-hydrogen) atoms. The molecular formula is C28H60BaO4P2S4. The van der Waals surface area contributed by atoms with E-state index < -0.39 is 11.4 Å². The molecule has 0 amide bonds. The zero-order valence-electron chi connectivity index (χ0n) is 25.8. The van der Waals surface area contributed by atoms with Crippen LogP contribution in [0.3, 0.4) is 0 Å². The van der Waals surface area contributed by atoms with Gasteiger partial charge in [0.1, 0.15) is 0 Å². The predicted molar refractivity (Wildman–Crippen MR) is 188 cm³/mol. The second-order valence-corrected chi connectivity index (χ2v) is 19.9. The first-order chi connectivity index (χ1) is 18.2. The zero-order valence-corrected chi connectivity index (χ0v) is 35.3. The van der Waals surface area contributed by atoms with Crippen LogP contribution in [0.5, 0.6) is 0 Å². The van der Waals surface area contributed by atoms with E-state index in [1.54, 1.807) is 0 Å². The Morgan fingerprint density at radius 3 is 0.744 bits per heavy atom. The Morgan fingerprint density at radius 1 is 0.385 bits per heavy atom. The molecule has 0 bridgehead atoms. The molecule has 0 aliphatic heterocycles. The minimum Gasteiger partial charge on any atom is -0.691 e. The normalized spacial score (nSPS) is 11.6. The summed E-state index contributed by atoms with van der Waals surface area (Å²) in [7, 11) is 0. The number of unbranched alkanes of at least 4 members (excludes halogenated alkanes) is 16. The maximum absolute atomic E-state index is 5.56. The molecule has 0 N–H and O–H groups in total. The van der Waals surface area contributed by atoms with E-state index in [1.807, 2.05) is 0 Å². The van der Waals surface area contributed by atoms with Crippen LogP contribution in [0.15, 0.2) is 0 Å². The van der Waals surface area contributed by atoms with Gasteiger partial charge in [0.2, 0.25) is 0 Å². The Hall–Kier alpha value is 3.41. The average molecular weight is 788 g/mol. The summed E-state index contributed by atoms with van der Waals surface area (Å²) in [6, 6.07) is 0. The van der Waals surface area contributed by atoms with Crippen molar-refractivity contribution >= 4 is 108 Å². The molecule has 0 aliphatic carbocycles. The first-order valence-electron chi connectivity index (χ1n) is 15.4. The van der Waals surface area contributed by atoms with E-state index in [-0.39, 0.29) is 48.9 Å². The van der Waals surface area contributed by atoms with E-state index in [0.717, 1.165) is 25.7 Å². The van der Waals surface area contributed by atoms with Crippen molar-refractivity contribution in [1.29, 1.82) is 0 Å². The van der Waals surface area contributed by atoms with Crippen LogP contribution in [0, 0.1) is 0 Å². The van der Waals surface area contributed by atoms with Crippen molar-refractivity contribution < 1.29 is 18.1 Å². The van der Waals surface area contributed by atoms with Crippen molar-refractivity contribution in [3.05, 3.63) is 0 Å². The van der Waals surface area contributed by atoms with Crippen LogP contribution >= 0.6 is 11.4 Å². The van der Waals surface area contributed by atoms with Crippen molar-refractivity contribution in [3.63, 3.8) is 0 Å². The van der Waals surface area contributed by atoms with Crippen LogP contribution in [-0.4, -0.2) is 75.3 Å². The summed E-state index contributed by atoms with van der Waals surface area (Å²) in [6.45, 7) is 11.5. The second kappa shape index (κ2) is 35.9. The van der Waals surface area contributed by atoms with Gasteiger partial charge < -0.3 is 42.6 Å². The smallest absolute Gasteiger partial charge is 0.691 e. The first-order valence-corrected chi connectivity index (χ1v) is 22.7. The van der Waals surface area contributed by atoms with Crippen LogP contribution in [-0.2, 0) is 66.2 Å². The number of hydrogen-bond donors (Lipinski definition) is 0. The number of rotatable bonds is 28. The maximum atomic E-state index is 5.56. The third-order valence-corrected chi connectivity index (χ3v) is 10.5. The fourth-order valence-corrected chi connectivity index (χ4v) is 6.95. The topological polar surface area (TPSA) is 36.9 Å². The Morgan fingerprint density at radius 2 is 0.564 bits per heavy atom. The van der Waals surface area contributed by atoms with Gasteiger partial charge in [-0.25, -0.2) is 0 Å². The summed E-state index contributed by atoms with van der Waals surface area (Å²) in [4.78, 5) is 0. The molecule has 0 heterocycles. The third kappa shape index (κ3) is 41.4. The minimum atomic E-state index is -2.39. The van der Waals surface area contributed by atoms with Crippen LogP contribution in [0.25, 0.3) is 0 Å². The van der Waals surface area contributed by atoms with Gasteiger partial charge in [-0.3, -0.25) is 0 Å². The first kappa shape index (κ1) is 46.8. The van der Waals surface area contributed by atoms with E-state index in [2.05, 4.69) is 27.7 Å². The number of hydrogen-bond acceptors (Lipinski definition) is 8. The molecule has 0 saturated carbocycles. The Kier molecular flexibility index (Phi) is 43.1. The van der Waals surface area contributed by atoms with E-state index >= 15 is 0 Å². The van der Waals surface area contributed by atoms with Gasteiger partial charge in [-0.05, 0) is 25.7 Å². The molecule has 0 fully saturated rings. The van der Waals surface area contributed by atoms with E-state index in [4.69, 9.17) is 66.2 Å². The molecule has 0 spiro atoms. The molecule has 232 valence electrons. The SMILES string of the molecule is CCCCCCCOP(=S)([S-])OCCCCCCC.CCCCCCCOP(=S)([S-])OCCCCCCC.[Ba+2]. The maximum Gasteiger partial charge on any atom is 2.00 e. The molecule has 0 aliphatic rings. The largest absolute Gasteiger partial charge is 2.00 e. The van der Waals surface area contributed by atoms with Gasteiger partial charge in [0.15, 0.2) is 0 Å². The molecule has 0 saturated heterocycles. The molecule has 4 nitrogen and oxygen atoms in total. The van der Waals surface area contributed by atoms with Crippen molar-refractivity contribution in [2.45, 2.75) is 156 Å². The van der Waals surface area contributed by atoms with E-state index in [1.165, 1.54) is 103 Å². The fourth-order valence-electron chi connectivity index (χ4n) is 3.60. The Labute approximate surface area is 305 Å². The van der Waals surface area contributed by atoms with Gasteiger partial charge in [-0.2, -0.15) is 0 Å². The molecule has 0 rings (SSSR count). The van der Waals surface area contributed by atoms with Crippen LogP contribution in [0.4, 0.5) is 0 Å². The van der Waals surface area contributed by atoms with Gasteiger partial charge >= 0.3 is 48.9 Å². The summed E-state index contributed by atoms with van der Waals surface area (Å²) in [5, 5.41) is 0. The molecule has 0 atom stereocenters. The van der Waals surface area contributed by atoms with Gasteiger partial charge in [-0.15, -0.1) is 0 Å². The zero-order chi connectivity index (χ0) is 28.8. The molecule has 0 aromatic carbocycles. The van der Waals surface area contributed by atoms with E-state index in [0.29, 0.717) is 26.4 Å². The molecule has 0 aromatic heterocycles. The summed E-state index contributed by atoms with van der Waals surface area (Å²) >= 11 is 20.9. The van der Waals surface area contributed by atoms with E-state index in [9.17, 15) is 0 Å². The van der Waals surface area contributed by atoms with Gasteiger partial charge in [0.05, 0.1) is 37.8 Å². The third-order valence-electron chi connectivity index (χ3n) is 5.99. The summed E-state index contributed by atoms with van der Waals surface area (Å²) in [5.41, 5.74) is -4.77. The summed E-state index contributed by atoms with van der Waals surface area (Å²) in [5.74, 6) is 0. The van der Waals surface area contributed by atoms with Crippen molar-refractivity contribution in [2.24, 2.45) is 0 Å². The average Bonchev–Trinajstić information content (AvgIpc) is 2.88. The monoisotopic (exact) mass is 788 g/mol. The van der Waals surface area contributed by atoms with Gasteiger partial charge in [0, 0.05) is 0 Å². The standard InChI is InChI=1S/2C14H31O2PS2.Ba/c2*1-3-5-7-9-11-13-15-17(18,19)16-14-12-10-8-6-4-2;/h2*3-14H2,1-2H3,(H,18,19);/q;;+2/p-2. The predicted octanol–water partition coefficient (Wildman–Crippen LogP) is 11.1. The minimum absolute atomic E-state index is 0. The quantitative estimate of drug-likeness (QED) is 0.0336.